The molecule has 0 aliphatic carbocycles. The third kappa shape index (κ3) is 15.0. The fourth-order valence-corrected chi connectivity index (χ4v) is 6.28. The molecule has 0 aliphatic rings. The van der Waals surface area contributed by atoms with Crippen LogP contribution in [-0.4, -0.2) is 60.3 Å². The summed E-state index contributed by atoms with van der Waals surface area (Å²) in [6, 6.07) is 32.4. The summed E-state index contributed by atoms with van der Waals surface area (Å²) in [5, 5.41) is 14.9. The average molecular weight is 731 g/mol. The molecule has 4 aromatic carbocycles. The second kappa shape index (κ2) is 20.3. The van der Waals surface area contributed by atoms with Gasteiger partial charge in [0.15, 0.2) is 6.29 Å². The summed E-state index contributed by atoms with van der Waals surface area (Å²) in [6.45, 7) is 16.7. The summed E-state index contributed by atoms with van der Waals surface area (Å²) in [7, 11) is 0. The molecule has 0 fully saturated rings. The third-order valence-electron chi connectivity index (χ3n) is 8.80. The second-order valence-corrected chi connectivity index (χ2v) is 16.5. The number of benzene rings is 4. The molecule has 0 aromatic heterocycles. The number of hydrogen-bond acceptors (Lipinski definition) is 6. The van der Waals surface area contributed by atoms with Gasteiger partial charge in [-0.1, -0.05) is 133 Å². The Morgan fingerprint density at radius 1 is 0.642 bits per heavy atom. The molecule has 0 amide bonds. The molecule has 0 aliphatic heterocycles. The normalized spacial score (nSPS) is 14.7. The quantitative estimate of drug-likeness (QED) is 0.0886. The Morgan fingerprint density at radius 3 is 1.53 bits per heavy atom. The van der Waals surface area contributed by atoms with Gasteiger partial charge in [0.25, 0.3) is 0 Å². The van der Waals surface area contributed by atoms with E-state index in [0.29, 0.717) is 31.9 Å². The highest BCUT2D eigenvalue weighted by Gasteiger charge is 2.37. The van der Waals surface area contributed by atoms with Crippen LogP contribution in [0, 0.1) is 22.5 Å². The van der Waals surface area contributed by atoms with E-state index in [1.165, 1.54) is 12.1 Å². The van der Waals surface area contributed by atoms with Crippen LogP contribution >= 0.6 is 0 Å². The summed E-state index contributed by atoms with van der Waals surface area (Å²) in [6.07, 6.45) is -1.02. The summed E-state index contributed by atoms with van der Waals surface area (Å²) in [4.78, 5) is 2.29. The van der Waals surface area contributed by atoms with Gasteiger partial charge >= 0.3 is 0 Å². The average Bonchev–Trinajstić information content (AvgIpc) is 3.10. The van der Waals surface area contributed by atoms with E-state index in [4.69, 9.17) is 14.2 Å². The molecule has 4 atom stereocenters. The van der Waals surface area contributed by atoms with E-state index in [9.17, 15) is 13.9 Å². The van der Waals surface area contributed by atoms with Gasteiger partial charge in [-0.15, -0.1) is 0 Å². The molecule has 53 heavy (non-hydrogen) atoms. The highest BCUT2D eigenvalue weighted by atomic mass is 19.1. The summed E-state index contributed by atoms with van der Waals surface area (Å²) in [5.74, 6) is -1.28. The molecule has 0 heterocycles. The summed E-state index contributed by atoms with van der Waals surface area (Å²) in [5.41, 5.74) is 3.43. The Hall–Kier alpha value is -3.50. The molecular formula is C45H60F2N2O4. The SMILES string of the molecule is C[C@H](N[C@H](CO)[C@@H](OCc1ccccc1)[C@H](Cc1cc(F)cc(F)c1)N(Cc1ccccc1)Cc1ccccc1)C(OCC(C)(C)C)OCC(C)(C)C. The zero-order chi connectivity index (χ0) is 38.4. The van der Waals surface area contributed by atoms with E-state index >= 15 is 0 Å². The lowest BCUT2D eigenvalue weighted by Gasteiger charge is -2.42. The molecule has 4 aromatic rings. The van der Waals surface area contributed by atoms with Gasteiger partial charge in [-0.3, -0.25) is 4.90 Å². The monoisotopic (exact) mass is 730 g/mol. The predicted octanol–water partition coefficient (Wildman–Crippen LogP) is 8.95. The van der Waals surface area contributed by atoms with Crippen LogP contribution in [0.2, 0.25) is 0 Å². The van der Waals surface area contributed by atoms with E-state index in [-0.39, 0.29) is 36.5 Å². The molecule has 2 N–H and O–H groups in total. The predicted molar refractivity (Wildman–Crippen MR) is 209 cm³/mol. The number of hydrogen-bond donors (Lipinski definition) is 2. The first kappa shape index (κ1) is 42.2. The maximum absolute atomic E-state index is 14.8. The van der Waals surface area contributed by atoms with E-state index in [0.717, 1.165) is 22.8 Å². The lowest BCUT2D eigenvalue weighted by Crippen LogP contribution is -2.59. The minimum Gasteiger partial charge on any atom is -0.395 e. The van der Waals surface area contributed by atoms with Crippen LogP contribution in [0.4, 0.5) is 8.78 Å². The Morgan fingerprint density at radius 2 is 1.09 bits per heavy atom. The van der Waals surface area contributed by atoms with Gasteiger partial charge in [0.2, 0.25) is 0 Å². The van der Waals surface area contributed by atoms with Gasteiger partial charge in [-0.2, -0.15) is 0 Å². The van der Waals surface area contributed by atoms with Crippen molar-refractivity contribution in [3.05, 3.63) is 143 Å². The van der Waals surface area contributed by atoms with Crippen LogP contribution in [0.15, 0.2) is 109 Å². The van der Waals surface area contributed by atoms with Crippen molar-refractivity contribution in [1.29, 1.82) is 0 Å². The van der Waals surface area contributed by atoms with Crippen molar-refractivity contribution < 1.29 is 28.1 Å². The van der Waals surface area contributed by atoms with Crippen LogP contribution in [0.5, 0.6) is 0 Å². The standard InChI is InChI=1S/C45H60F2N2O4/c1-33(43(52-31-44(2,3)4)53-32-45(5,6)7)48-40(29-50)42(51-30-36-21-15-10-16-22-36)41(25-37-23-38(46)26-39(47)24-37)49(27-34-17-11-8-12-18-34)28-35-19-13-9-14-20-35/h8-24,26,33,40-43,48,50H,25,27-32H2,1-7H3/t33-,40+,41-,42+/m0/s1. The van der Waals surface area contributed by atoms with Crippen molar-refractivity contribution in [3.63, 3.8) is 0 Å². The first-order valence-electron chi connectivity index (χ1n) is 18.7. The molecule has 0 saturated carbocycles. The topological polar surface area (TPSA) is 63.2 Å². The minimum atomic E-state index is -0.660. The van der Waals surface area contributed by atoms with Crippen LogP contribution in [0.25, 0.3) is 0 Å². The largest absolute Gasteiger partial charge is 0.395 e. The van der Waals surface area contributed by atoms with Gasteiger partial charge in [-0.25, -0.2) is 8.78 Å². The molecular weight excluding hydrogens is 671 g/mol. The second-order valence-electron chi connectivity index (χ2n) is 16.5. The summed E-state index contributed by atoms with van der Waals surface area (Å²) >= 11 is 0. The summed E-state index contributed by atoms with van der Waals surface area (Å²) < 4.78 is 49.3. The Bertz CT molecular complexity index is 1530. The first-order chi connectivity index (χ1) is 25.2. The number of aliphatic hydroxyl groups excluding tert-OH is 1. The van der Waals surface area contributed by atoms with Crippen molar-refractivity contribution in [2.75, 3.05) is 19.8 Å². The lowest BCUT2D eigenvalue weighted by molar-refractivity contribution is -0.185. The Balaban J connectivity index is 1.80. The first-order valence-corrected chi connectivity index (χ1v) is 18.7. The van der Waals surface area contributed by atoms with Crippen molar-refractivity contribution in [1.82, 2.24) is 10.2 Å². The molecule has 0 radical (unpaired) electrons. The molecule has 0 saturated heterocycles. The highest BCUT2D eigenvalue weighted by molar-refractivity contribution is 5.22. The van der Waals surface area contributed by atoms with E-state index in [1.807, 2.05) is 73.7 Å². The zero-order valence-electron chi connectivity index (χ0n) is 32.6. The number of rotatable bonds is 20. The number of aliphatic hydroxyl groups is 1. The van der Waals surface area contributed by atoms with E-state index in [1.54, 1.807) is 0 Å². The lowest BCUT2D eigenvalue weighted by atomic mass is 9.93. The zero-order valence-corrected chi connectivity index (χ0v) is 32.6. The molecule has 0 unspecified atom stereocenters. The van der Waals surface area contributed by atoms with Gasteiger partial charge in [0.1, 0.15) is 11.6 Å². The molecule has 0 bridgehead atoms. The molecule has 288 valence electrons. The Kier molecular flexibility index (Phi) is 16.1. The van der Waals surface area contributed by atoms with Crippen LogP contribution in [-0.2, 0) is 40.3 Å². The van der Waals surface area contributed by atoms with Crippen LogP contribution in [0.3, 0.4) is 0 Å². The van der Waals surface area contributed by atoms with Crippen molar-refractivity contribution in [2.24, 2.45) is 10.8 Å². The molecule has 4 rings (SSSR count). The van der Waals surface area contributed by atoms with E-state index in [2.05, 4.69) is 76.0 Å². The van der Waals surface area contributed by atoms with Crippen LogP contribution in [0.1, 0.15) is 70.7 Å². The highest BCUT2D eigenvalue weighted by Crippen LogP contribution is 2.26. The molecule has 0 spiro atoms. The maximum Gasteiger partial charge on any atom is 0.172 e. The molecule has 6 nitrogen and oxygen atoms in total. The minimum absolute atomic E-state index is 0.0958. The van der Waals surface area contributed by atoms with Crippen molar-refractivity contribution in [3.8, 4) is 0 Å². The number of halogens is 2. The van der Waals surface area contributed by atoms with E-state index < -0.39 is 36.1 Å². The fourth-order valence-electron chi connectivity index (χ4n) is 6.28. The van der Waals surface area contributed by atoms with Gasteiger partial charge in [0.05, 0.1) is 44.6 Å². The number of nitrogens with one attached hydrogen (secondary N) is 1. The van der Waals surface area contributed by atoms with Gasteiger partial charge in [0, 0.05) is 25.2 Å². The smallest absolute Gasteiger partial charge is 0.172 e. The maximum atomic E-state index is 14.8. The van der Waals surface area contributed by atoms with Crippen LogP contribution < -0.4 is 5.32 Å². The van der Waals surface area contributed by atoms with Gasteiger partial charge < -0.3 is 24.6 Å². The number of nitrogens with zero attached hydrogens (tertiary/aromatic N) is 1. The Labute approximate surface area is 316 Å². The number of ether oxygens (including phenoxy) is 3. The third-order valence-corrected chi connectivity index (χ3v) is 8.80. The molecule has 8 heteroatoms. The van der Waals surface area contributed by atoms with Crippen molar-refractivity contribution >= 4 is 0 Å². The van der Waals surface area contributed by atoms with Crippen molar-refractivity contribution in [2.45, 2.75) is 105 Å². The fraction of sp³-hybridized carbons (Fsp3) is 0.467. The van der Waals surface area contributed by atoms with Gasteiger partial charge in [-0.05, 0) is 58.6 Å².